The van der Waals surface area contributed by atoms with Crippen LogP contribution in [0.4, 0.5) is 0 Å². The molecule has 1 aromatic carbocycles. The number of nitrogens with two attached hydrogens (primary N) is 1. The van der Waals surface area contributed by atoms with Gasteiger partial charge in [0.1, 0.15) is 0 Å². The first-order valence-electron chi connectivity index (χ1n) is 7.11. The highest BCUT2D eigenvalue weighted by atomic mass is 32.2. The maximum absolute atomic E-state index is 12.8. The SMILES string of the molecule is COCCN(CC(C)C)S(=O)(=O)c1ccc(CN)c(C)c1. The Labute approximate surface area is 128 Å². The third-order valence-electron chi connectivity index (χ3n) is 3.29. The average molecular weight is 314 g/mol. The van der Waals surface area contributed by atoms with Gasteiger partial charge < -0.3 is 10.5 Å². The van der Waals surface area contributed by atoms with Crippen molar-refractivity contribution < 1.29 is 13.2 Å². The quantitative estimate of drug-likeness (QED) is 0.793. The van der Waals surface area contributed by atoms with Gasteiger partial charge in [0, 0.05) is 26.7 Å². The highest BCUT2D eigenvalue weighted by Gasteiger charge is 2.25. The van der Waals surface area contributed by atoms with Gasteiger partial charge in [-0.25, -0.2) is 8.42 Å². The predicted molar refractivity (Wildman–Crippen MR) is 84.5 cm³/mol. The molecule has 0 fully saturated rings. The van der Waals surface area contributed by atoms with Gasteiger partial charge in [-0.1, -0.05) is 19.9 Å². The van der Waals surface area contributed by atoms with Crippen LogP contribution in [0.2, 0.25) is 0 Å². The van der Waals surface area contributed by atoms with Crippen molar-refractivity contribution in [2.75, 3.05) is 26.8 Å². The van der Waals surface area contributed by atoms with Crippen molar-refractivity contribution in [1.29, 1.82) is 0 Å². The van der Waals surface area contributed by atoms with Crippen LogP contribution in [0, 0.1) is 12.8 Å². The number of sulfonamides is 1. The molecule has 1 rings (SSSR count). The van der Waals surface area contributed by atoms with E-state index in [9.17, 15) is 8.42 Å². The van der Waals surface area contributed by atoms with Crippen LogP contribution in [0.3, 0.4) is 0 Å². The van der Waals surface area contributed by atoms with E-state index in [4.69, 9.17) is 10.5 Å². The third kappa shape index (κ3) is 4.78. The Hall–Kier alpha value is -0.950. The zero-order valence-electron chi connectivity index (χ0n) is 13.3. The fraction of sp³-hybridized carbons (Fsp3) is 0.600. The minimum Gasteiger partial charge on any atom is -0.383 e. The van der Waals surface area contributed by atoms with Crippen LogP contribution in [0.1, 0.15) is 25.0 Å². The lowest BCUT2D eigenvalue weighted by molar-refractivity contribution is 0.175. The molecule has 0 unspecified atom stereocenters. The molecule has 120 valence electrons. The summed E-state index contributed by atoms with van der Waals surface area (Å²) in [6.45, 7) is 7.49. The van der Waals surface area contributed by atoms with Gasteiger partial charge in [0.05, 0.1) is 11.5 Å². The highest BCUT2D eigenvalue weighted by Crippen LogP contribution is 2.20. The van der Waals surface area contributed by atoms with Crippen LogP contribution in [0.5, 0.6) is 0 Å². The molecule has 0 atom stereocenters. The van der Waals surface area contributed by atoms with Gasteiger partial charge in [-0.05, 0) is 36.1 Å². The molecule has 1 aromatic rings. The van der Waals surface area contributed by atoms with Crippen molar-refractivity contribution in [2.45, 2.75) is 32.2 Å². The monoisotopic (exact) mass is 314 g/mol. The molecular weight excluding hydrogens is 288 g/mol. The van der Waals surface area contributed by atoms with Gasteiger partial charge in [0.25, 0.3) is 0 Å². The van der Waals surface area contributed by atoms with Crippen LogP contribution >= 0.6 is 0 Å². The molecule has 0 aliphatic heterocycles. The largest absolute Gasteiger partial charge is 0.383 e. The molecule has 0 saturated carbocycles. The lowest BCUT2D eigenvalue weighted by Gasteiger charge is -2.24. The van der Waals surface area contributed by atoms with Crippen molar-refractivity contribution in [1.82, 2.24) is 4.31 Å². The summed E-state index contributed by atoms with van der Waals surface area (Å²) in [5.41, 5.74) is 7.48. The molecule has 0 bridgehead atoms. The minimum absolute atomic E-state index is 0.251. The van der Waals surface area contributed by atoms with Crippen molar-refractivity contribution in [3.63, 3.8) is 0 Å². The lowest BCUT2D eigenvalue weighted by Crippen LogP contribution is -2.36. The molecule has 6 heteroatoms. The first kappa shape index (κ1) is 18.1. The standard InChI is InChI=1S/C15H26N2O3S/c1-12(2)11-17(7-8-20-4)21(18,19)15-6-5-14(10-16)13(3)9-15/h5-6,9,12H,7-8,10-11,16H2,1-4H3. The number of ether oxygens (including phenoxy) is 1. The zero-order valence-corrected chi connectivity index (χ0v) is 14.1. The number of nitrogens with zero attached hydrogens (tertiary/aromatic N) is 1. The van der Waals surface area contributed by atoms with Crippen LogP contribution < -0.4 is 5.73 Å². The molecule has 5 nitrogen and oxygen atoms in total. The molecule has 0 radical (unpaired) electrons. The van der Waals surface area contributed by atoms with E-state index in [-0.39, 0.29) is 5.92 Å². The van der Waals surface area contributed by atoms with Crippen LogP contribution in [0.25, 0.3) is 0 Å². The Kier molecular flexibility index (Phi) is 6.80. The van der Waals surface area contributed by atoms with Crippen LogP contribution in [-0.2, 0) is 21.3 Å². The number of hydrogen-bond donors (Lipinski definition) is 1. The number of methoxy groups -OCH3 is 1. The fourth-order valence-corrected chi connectivity index (χ4v) is 3.79. The van der Waals surface area contributed by atoms with E-state index in [2.05, 4.69) is 0 Å². The highest BCUT2D eigenvalue weighted by molar-refractivity contribution is 7.89. The van der Waals surface area contributed by atoms with E-state index in [1.807, 2.05) is 20.8 Å². The van der Waals surface area contributed by atoms with E-state index >= 15 is 0 Å². The molecule has 0 heterocycles. The van der Waals surface area contributed by atoms with E-state index in [0.717, 1.165) is 11.1 Å². The smallest absolute Gasteiger partial charge is 0.243 e. The Morgan fingerprint density at radius 3 is 2.48 bits per heavy atom. The molecule has 0 amide bonds. The number of benzene rings is 1. The summed E-state index contributed by atoms with van der Waals surface area (Å²) in [5, 5.41) is 0. The van der Waals surface area contributed by atoms with Gasteiger partial charge in [0.2, 0.25) is 10.0 Å². The van der Waals surface area contributed by atoms with Gasteiger partial charge >= 0.3 is 0 Å². The van der Waals surface area contributed by atoms with E-state index in [0.29, 0.717) is 31.1 Å². The second kappa shape index (κ2) is 7.89. The summed E-state index contributed by atoms with van der Waals surface area (Å²) in [7, 11) is -1.93. The molecular formula is C15H26N2O3S. The predicted octanol–water partition coefficient (Wildman–Crippen LogP) is 1.75. The molecule has 0 aromatic heterocycles. The summed E-state index contributed by atoms with van der Waals surface area (Å²) in [5.74, 6) is 0.251. The van der Waals surface area contributed by atoms with Gasteiger partial charge in [-0.15, -0.1) is 0 Å². The molecule has 0 aliphatic carbocycles. The van der Waals surface area contributed by atoms with Crippen molar-refractivity contribution in [3.05, 3.63) is 29.3 Å². The second-order valence-electron chi connectivity index (χ2n) is 5.54. The summed E-state index contributed by atoms with van der Waals surface area (Å²) in [4.78, 5) is 0.314. The Balaban J connectivity index is 3.12. The summed E-state index contributed by atoms with van der Waals surface area (Å²) in [6.07, 6.45) is 0. The van der Waals surface area contributed by atoms with Gasteiger partial charge in [0.15, 0.2) is 0 Å². The number of rotatable bonds is 8. The Morgan fingerprint density at radius 1 is 1.33 bits per heavy atom. The van der Waals surface area contributed by atoms with Crippen molar-refractivity contribution in [3.8, 4) is 0 Å². The van der Waals surface area contributed by atoms with E-state index in [1.54, 1.807) is 25.3 Å². The van der Waals surface area contributed by atoms with Crippen LogP contribution in [0.15, 0.2) is 23.1 Å². The maximum Gasteiger partial charge on any atom is 0.243 e. The molecule has 0 saturated heterocycles. The first-order valence-corrected chi connectivity index (χ1v) is 8.55. The van der Waals surface area contributed by atoms with Crippen molar-refractivity contribution >= 4 is 10.0 Å². The first-order chi connectivity index (χ1) is 9.82. The van der Waals surface area contributed by atoms with E-state index < -0.39 is 10.0 Å². The normalized spacial score (nSPS) is 12.3. The second-order valence-corrected chi connectivity index (χ2v) is 7.48. The molecule has 2 N–H and O–H groups in total. The van der Waals surface area contributed by atoms with Gasteiger partial charge in [-0.2, -0.15) is 4.31 Å². The summed E-state index contributed by atoms with van der Waals surface area (Å²) < 4.78 is 32.0. The number of aryl methyl sites for hydroxylation is 1. The minimum atomic E-state index is -3.50. The Morgan fingerprint density at radius 2 is 2.00 bits per heavy atom. The fourth-order valence-electron chi connectivity index (χ4n) is 2.12. The molecule has 0 spiro atoms. The Bertz CT molecular complexity index is 556. The summed E-state index contributed by atoms with van der Waals surface area (Å²) in [6, 6.07) is 5.11. The topological polar surface area (TPSA) is 72.6 Å². The maximum atomic E-state index is 12.8. The van der Waals surface area contributed by atoms with Gasteiger partial charge in [-0.3, -0.25) is 0 Å². The van der Waals surface area contributed by atoms with Crippen molar-refractivity contribution in [2.24, 2.45) is 11.7 Å². The third-order valence-corrected chi connectivity index (χ3v) is 5.15. The zero-order chi connectivity index (χ0) is 16.0. The molecule has 21 heavy (non-hydrogen) atoms. The van der Waals surface area contributed by atoms with Crippen LogP contribution in [-0.4, -0.2) is 39.5 Å². The summed E-state index contributed by atoms with van der Waals surface area (Å²) >= 11 is 0. The average Bonchev–Trinajstić information content (AvgIpc) is 2.42. The number of hydrogen-bond acceptors (Lipinski definition) is 4. The lowest BCUT2D eigenvalue weighted by atomic mass is 10.1. The molecule has 0 aliphatic rings. The van der Waals surface area contributed by atoms with E-state index in [1.165, 1.54) is 4.31 Å².